The van der Waals surface area contributed by atoms with Gasteiger partial charge in [-0.05, 0) is 157 Å². The molecule has 0 fully saturated rings. The van der Waals surface area contributed by atoms with Crippen LogP contribution in [0.5, 0.6) is 0 Å². The molecule has 0 saturated carbocycles. The van der Waals surface area contributed by atoms with Crippen LogP contribution in [0.15, 0.2) is 61.4 Å². The van der Waals surface area contributed by atoms with Crippen LogP contribution in [-0.2, 0) is 43.1 Å². The van der Waals surface area contributed by atoms with Gasteiger partial charge in [0, 0.05) is 27.4 Å². The van der Waals surface area contributed by atoms with Gasteiger partial charge < -0.3 is 62.3 Å². The van der Waals surface area contributed by atoms with E-state index in [1.54, 1.807) is 40.1 Å². The lowest BCUT2D eigenvalue weighted by atomic mass is 10.9. The van der Waals surface area contributed by atoms with Crippen molar-refractivity contribution in [2.45, 2.75) is 192 Å². The fraction of sp³-hybridized carbons (Fsp3) is 0.762. The Morgan fingerprint density at radius 3 is 0.700 bits per heavy atom. The molecule has 0 aromatic carbocycles. The molecule has 70 heavy (non-hydrogen) atoms. The summed E-state index contributed by atoms with van der Waals surface area (Å²) < 4.78 is 66.4. The molecular formula is C42H122O14Si14. The summed E-state index contributed by atoms with van der Waals surface area (Å²) in [7, 11) is -15.2. The summed E-state index contributed by atoms with van der Waals surface area (Å²) >= 11 is 0. The molecule has 0 saturated heterocycles. The highest BCUT2D eigenvalue weighted by atomic mass is 28.5. The Kier molecular flexibility index (Phi) is 74.4. The Morgan fingerprint density at radius 1 is 0.471 bits per heavy atom. The van der Waals surface area contributed by atoms with Crippen LogP contribution in [0.4, 0.5) is 0 Å². The van der Waals surface area contributed by atoms with Crippen LogP contribution in [0.3, 0.4) is 0 Å². The van der Waals surface area contributed by atoms with Crippen LogP contribution in [0.2, 0.25) is 163 Å². The van der Waals surface area contributed by atoms with Gasteiger partial charge in [0.15, 0.2) is 58.9 Å². The second-order valence-corrected chi connectivity index (χ2v) is 62.7. The molecule has 0 aromatic rings. The van der Waals surface area contributed by atoms with E-state index in [1.165, 1.54) is 0 Å². The predicted molar refractivity (Wildman–Crippen MR) is 346 cm³/mol. The zero-order valence-electron chi connectivity index (χ0n) is 47.2. The van der Waals surface area contributed by atoms with Gasteiger partial charge in [-0.15, -0.1) is 32.9 Å². The summed E-state index contributed by atoms with van der Waals surface area (Å²) in [5, 5.41) is 0. The van der Waals surface area contributed by atoms with E-state index >= 15 is 0 Å². The average Bonchev–Trinajstić information content (AvgIpc) is 3.11. The first-order valence-corrected chi connectivity index (χ1v) is 57.0. The van der Waals surface area contributed by atoms with Gasteiger partial charge in [0.25, 0.3) is 8.68 Å². The van der Waals surface area contributed by atoms with Crippen LogP contribution in [-0.4, -0.2) is 163 Å². The third-order valence-electron chi connectivity index (χ3n) is 6.48. The van der Waals surface area contributed by atoms with E-state index < -0.39 is 102 Å². The molecule has 28 heteroatoms. The lowest BCUT2D eigenvalue weighted by molar-refractivity contribution is 0.125. The van der Waals surface area contributed by atoms with Gasteiger partial charge in [-0.25, -0.2) is 0 Å². The minimum atomic E-state index is -2.45. The summed E-state index contributed by atoms with van der Waals surface area (Å²) in [5.41, 5.74) is 9.44. The Bertz CT molecular complexity index is 1150. The number of hydrogen-bond donors (Lipinski definition) is 4. The van der Waals surface area contributed by atoms with Gasteiger partial charge in [0.1, 0.15) is 0 Å². The third kappa shape index (κ3) is 101. The van der Waals surface area contributed by atoms with Gasteiger partial charge in [-0.3, -0.25) is 0 Å². The summed E-state index contributed by atoms with van der Waals surface area (Å²) in [6.07, 6.45) is 0. The van der Waals surface area contributed by atoms with Gasteiger partial charge in [-0.2, -0.15) is 0 Å². The molecule has 14 nitrogen and oxygen atoms in total. The van der Waals surface area contributed by atoms with Crippen LogP contribution in [0, 0.1) is 0 Å². The summed E-state index contributed by atoms with van der Waals surface area (Å²) in [5.74, 6) is 0. The zero-order valence-corrected chi connectivity index (χ0v) is 62.2. The van der Waals surface area contributed by atoms with Crippen LogP contribution >= 0.6 is 0 Å². The molecule has 0 aliphatic carbocycles. The van der Waals surface area contributed by atoms with Crippen molar-refractivity contribution in [3.63, 3.8) is 0 Å². The molecule has 0 radical (unpaired) electrons. The molecular weight excluding hydrogens is 1120 g/mol. The van der Waals surface area contributed by atoms with Gasteiger partial charge in [-0.1, -0.05) is 58.2 Å². The standard InChI is InChI=1S/2C10H24O2Si3.C7H20O4Si2.C4H10OSi.C3H10OSi.C2H8OSi.C2H6OSi.4CH4.2H2OSi/c2*1-9-13(3,4)11-15(7,8)12-14(5,6)10-2;1-9-13(10-2,11-3)7-6-12(4,5)8;1-4-6(2,3)5;1-5(2,3)4;2*1-4(2)3;;;;;2*1-2/h2*9-10H,1-2H2,3-8H3;8H,6-7H2,1-5H3;4-5H,1H2,2-3H3;4H,1-3H3;3-4H,1-2H3;1-2H3;4*1H4;2*2H2. The van der Waals surface area contributed by atoms with Crippen molar-refractivity contribution in [1.82, 2.24) is 0 Å². The topological polar surface area (TPSA) is 197 Å². The summed E-state index contributed by atoms with van der Waals surface area (Å²) in [6.45, 7) is 64.5. The van der Waals surface area contributed by atoms with E-state index in [-0.39, 0.29) is 29.7 Å². The predicted octanol–water partition coefficient (Wildman–Crippen LogP) is 11.1. The van der Waals surface area contributed by atoms with Crippen molar-refractivity contribution in [2.75, 3.05) is 21.3 Å². The molecule has 0 atom stereocenters. The molecule has 0 aliphatic heterocycles. The van der Waals surface area contributed by atoms with Crippen molar-refractivity contribution in [3.8, 4) is 0 Å². The second kappa shape index (κ2) is 50.5. The third-order valence-corrected chi connectivity index (χ3v) is 32.4. The highest BCUT2D eigenvalue weighted by molar-refractivity contribution is 6.91. The fourth-order valence-corrected chi connectivity index (χ4v) is 31.2. The normalized spacial score (nSPS) is 11.2. The number of rotatable bonds is 19. The van der Waals surface area contributed by atoms with Crippen molar-refractivity contribution < 1.29 is 62.3 Å². The first-order valence-electron chi connectivity index (χ1n) is 21.5. The highest BCUT2D eigenvalue weighted by Gasteiger charge is 2.40. The van der Waals surface area contributed by atoms with Gasteiger partial charge in [0.2, 0.25) is 28.6 Å². The van der Waals surface area contributed by atoms with Crippen molar-refractivity contribution >= 4 is 122 Å². The van der Waals surface area contributed by atoms with Crippen LogP contribution < -0.4 is 0 Å². The molecule has 4 N–H and O–H groups in total. The second-order valence-electron chi connectivity index (χ2n) is 20.1. The monoisotopic (exact) mass is 1240 g/mol. The minimum absolute atomic E-state index is 0. The van der Waals surface area contributed by atoms with E-state index in [9.17, 15) is 9.26 Å². The SMILES string of the molecule is C.C.C.C.C=C[Si](C)(C)O.C=C[Si](C)(C)O[Si](C)(C)O[Si](C)(C)C=C.C=C[Si](C)(C)O[Si](C)(C)O[Si](C)(C)C=C.CO[Si](CC[Si](C)(C)O)(OC)OC.C[SiH](C)O.C[Si](C)(C)O.C[Si](C)=O.O=[SiH2].O=[SiH2]. The maximum atomic E-state index is 9.66. The first-order chi connectivity index (χ1) is 29.0. The lowest BCUT2D eigenvalue weighted by Crippen LogP contribution is -2.51. The lowest BCUT2D eigenvalue weighted by Gasteiger charge is -2.36. The molecule has 0 heterocycles. The summed E-state index contributed by atoms with van der Waals surface area (Å²) in [4.78, 5) is 35.4. The zero-order chi connectivity index (χ0) is 56.1. The van der Waals surface area contributed by atoms with Gasteiger partial charge >= 0.3 is 25.9 Å². The maximum Gasteiger partial charge on any atom is 0.499 e. The fourth-order valence-electron chi connectivity index (χ4n) is 3.76. The molecule has 0 aliphatic rings. The first kappa shape index (κ1) is 103. The Morgan fingerprint density at radius 2 is 0.614 bits per heavy atom. The number of hydrogen-bond acceptors (Lipinski definition) is 14. The molecule has 0 bridgehead atoms. The average molecular weight is 1240 g/mol. The molecule has 0 rings (SSSR count). The van der Waals surface area contributed by atoms with Crippen molar-refractivity contribution in [2.24, 2.45) is 0 Å². The highest BCUT2D eigenvalue weighted by Crippen LogP contribution is 2.23. The Hall–Kier alpha value is 0.696. The van der Waals surface area contributed by atoms with Crippen molar-refractivity contribution in [1.29, 1.82) is 0 Å². The van der Waals surface area contributed by atoms with E-state index in [1.807, 2.05) is 81.7 Å². The molecule has 0 aromatic heterocycles. The molecule has 430 valence electrons. The smallest absolute Gasteiger partial charge is 0.435 e. The van der Waals surface area contributed by atoms with E-state index in [2.05, 4.69) is 111 Å². The van der Waals surface area contributed by atoms with Crippen molar-refractivity contribution in [3.05, 3.63) is 61.4 Å². The Balaban J connectivity index is -0.0000000508. The quantitative estimate of drug-likeness (QED) is 0.0892. The van der Waals surface area contributed by atoms with Crippen LogP contribution in [0.25, 0.3) is 0 Å². The van der Waals surface area contributed by atoms with E-state index in [0.29, 0.717) is 26.3 Å². The molecule has 0 spiro atoms. The summed E-state index contributed by atoms with van der Waals surface area (Å²) in [6, 6.07) is 1.43. The van der Waals surface area contributed by atoms with E-state index in [0.717, 1.165) is 6.04 Å². The maximum absolute atomic E-state index is 9.66. The van der Waals surface area contributed by atoms with E-state index in [4.69, 9.17) is 53.0 Å². The minimum Gasteiger partial charge on any atom is -0.435 e. The van der Waals surface area contributed by atoms with Gasteiger partial charge in [0.05, 0.1) is 0 Å². The van der Waals surface area contributed by atoms with Crippen LogP contribution in [0.1, 0.15) is 29.7 Å². The Labute approximate surface area is 456 Å². The molecule has 0 amide bonds. The molecule has 0 unspecified atom stereocenters. The largest absolute Gasteiger partial charge is 0.499 e.